The fraction of sp³-hybridized carbons (Fsp3) is 0.611. The summed E-state index contributed by atoms with van der Waals surface area (Å²) in [6.07, 6.45) is 2.62. The van der Waals surface area contributed by atoms with E-state index in [1.807, 2.05) is 11.0 Å². The highest BCUT2D eigenvalue weighted by Gasteiger charge is 2.26. The second-order valence-electron chi connectivity index (χ2n) is 6.74. The van der Waals surface area contributed by atoms with E-state index in [0.717, 1.165) is 57.1 Å². The summed E-state index contributed by atoms with van der Waals surface area (Å²) in [6, 6.07) is 6.27. The van der Waals surface area contributed by atoms with Crippen LogP contribution >= 0.6 is 0 Å². The normalized spacial score (nSPS) is 18.4. The van der Waals surface area contributed by atoms with Crippen molar-refractivity contribution in [3.63, 3.8) is 0 Å². The lowest BCUT2D eigenvalue weighted by molar-refractivity contribution is 0.120. The van der Waals surface area contributed by atoms with Crippen molar-refractivity contribution in [3.05, 3.63) is 23.8 Å². The molecular weight excluding hydrogens is 306 g/mol. The van der Waals surface area contributed by atoms with Gasteiger partial charge in [-0.1, -0.05) is 6.07 Å². The van der Waals surface area contributed by atoms with Crippen molar-refractivity contribution in [1.29, 1.82) is 0 Å². The number of benzene rings is 1. The second-order valence-corrected chi connectivity index (χ2v) is 6.74. The van der Waals surface area contributed by atoms with Crippen molar-refractivity contribution in [2.24, 2.45) is 0 Å². The van der Waals surface area contributed by atoms with Crippen LogP contribution < -0.4 is 9.47 Å². The van der Waals surface area contributed by atoms with Gasteiger partial charge in [-0.05, 0) is 30.5 Å². The number of ether oxygens (including phenoxy) is 2. The Morgan fingerprint density at radius 3 is 2.46 bits per heavy atom. The number of hydrogen-bond acceptors (Lipinski definition) is 4. The maximum atomic E-state index is 12.0. The number of urea groups is 1. The number of piperazine rings is 1. The maximum absolute atomic E-state index is 12.0. The van der Waals surface area contributed by atoms with Gasteiger partial charge in [-0.2, -0.15) is 0 Å². The van der Waals surface area contributed by atoms with Gasteiger partial charge in [0.15, 0.2) is 11.5 Å². The molecule has 0 N–H and O–H groups in total. The average Bonchev–Trinajstić information content (AvgIpc) is 3.39. The summed E-state index contributed by atoms with van der Waals surface area (Å²) in [6.45, 7) is 4.21. The van der Waals surface area contributed by atoms with E-state index >= 15 is 0 Å². The molecule has 132 valence electrons. The molecule has 1 aliphatic carbocycles. The SMILES string of the molecule is COc1ccc(CN2CCN(C(=O)N(C)C)CC2)cc1OC1CC1. The lowest BCUT2D eigenvalue weighted by Gasteiger charge is -2.36. The largest absolute Gasteiger partial charge is 0.493 e. The van der Waals surface area contributed by atoms with E-state index in [4.69, 9.17) is 9.47 Å². The molecular formula is C18H27N3O3. The maximum Gasteiger partial charge on any atom is 0.319 e. The molecule has 0 bridgehead atoms. The highest BCUT2D eigenvalue weighted by Crippen LogP contribution is 2.34. The minimum Gasteiger partial charge on any atom is -0.493 e. The first-order valence-corrected chi connectivity index (χ1v) is 8.59. The monoisotopic (exact) mass is 333 g/mol. The van der Waals surface area contributed by atoms with E-state index < -0.39 is 0 Å². The molecule has 2 fully saturated rings. The van der Waals surface area contributed by atoms with E-state index in [9.17, 15) is 4.79 Å². The molecule has 1 saturated carbocycles. The minimum atomic E-state index is 0.0965. The third-order valence-electron chi connectivity index (χ3n) is 4.48. The molecule has 1 aliphatic heterocycles. The molecule has 0 atom stereocenters. The first kappa shape index (κ1) is 16.9. The van der Waals surface area contributed by atoms with Crippen molar-refractivity contribution in [2.45, 2.75) is 25.5 Å². The minimum absolute atomic E-state index is 0.0965. The number of rotatable bonds is 5. The Kier molecular flexibility index (Phi) is 5.14. The lowest BCUT2D eigenvalue weighted by atomic mass is 10.1. The van der Waals surface area contributed by atoms with Crippen molar-refractivity contribution < 1.29 is 14.3 Å². The van der Waals surface area contributed by atoms with Crippen molar-refractivity contribution in [3.8, 4) is 11.5 Å². The molecule has 2 amide bonds. The Balaban J connectivity index is 1.57. The fourth-order valence-electron chi connectivity index (χ4n) is 2.92. The molecule has 6 heteroatoms. The molecule has 0 unspecified atom stereocenters. The Bertz CT molecular complexity index is 579. The van der Waals surface area contributed by atoms with Crippen molar-refractivity contribution in [1.82, 2.24) is 14.7 Å². The highest BCUT2D eigenvalue weighted by molar-refractivity contribution is 5.73. The average molecular weight is 333 g/mol. The number of nitrogens with zero attached hydrogens (tertiary/aromatic N) is 3. The third-order valence-corrected chi connectivity index (χ3v) is 4.48. The molecule has 6 nitrogen and oxygen atoms in total. The zero-order valence-corrected chi connectivity index (χ0v) is 14.8. The van der Waals surface area contributed by atoms with Crippen LogP contribution in [0.15, 0.2) is 18.2 Å². The Morgan fingerprint density at radius 1 is 1.17 bits per heavy atom. The molecule has 0 radical (unpaired) electrons. The van der Waals surface area contributed by atoms with E-state index in [0.29, 0.717) is 6.10 Å². The summed E-state index contributed by atoms with van der Waals surface area (Å²) in [5, 5.41) is 0. The molecule has 2 aliphatic rings. The summed E-state index contributed by atoms with van der Waals surface area (Å²) in [7, 11) is 5.27. The van der Waals surface area contributed by atoms with Gasteiger partial charge in [-0.3, -0.25) is 4.90 Å². The van der Waals surface area contributed by atoms with E-state index in [1.54, 1.807) is 26.1 Å². The van der Waals surface area contributed by atoms with Gasteiger partial charge in [0, 0.05) is 46.8 Å². The quantitative estimate of drug-likeness (QED) is 0.827. The Labute approximate surface area is 143 Å². The predicted octanol–water partition coefficient (Wildman–Crippen LogP) is 2.04. The summed E-state index contributed by atoms with van der Waals surface area (Å²) in [5.41, 5.74) is 1.22. The van der Waals surface area contributed by atoms with Gasteiger partial charge in [0.1, 0.15) is 0 Å². The summed E-state index contributed by atoms with van der Waals surface area (Å²) in [5.74, 6) is 1.64. The van der Waals surface area contributed by atoms with Crippen LogP contribution in [0.25, 0.3) is 0 Å². The first-order valence-electron chi connectivity index (χ1n) is 8.59. The van der Waals surface area contributed by atoms with Gasteiger partial charge in [-0.15, -0.1) is 0 Å². The second kappa shape index (κ2) is 7.30. The number of carbonyl (C=O) groups is 1. The summed E-state index contributed by atoms with van der Waals surface area (Å²) < 4.78 is 11.3. The standard InChI is InChI=1S/C18H27N3O3/c1-19(2)18(22)21-10-8-20(9-11-21)13-14-4-7-16(23-3)17(12-14)24-15-5-6-15/h4,7,12,15H,5-6,8-11,13H2,1-3H3. The van der Waals surface area contributed by atoms with Crippen LogP contribution in [0, 0.1) is 0 Å². The van der Waals surface area contributed by atoms with Crippen LogP contribution in [-0.4, -0.2) is 74.2 Å². The van der Waals surface area contributed by atoms with E-state index in [2.05, 4.69) is 17.0 Å². The Hall–Kier alpha value is -1.95. The van der Waals surface area contributed by atoms with Crippen molar-refractivity contribution >= 4 is 6.03 Å². The fourth-order valence-corrected chi connectivity index (χ4v) is 2.92. The van der Waals surface area contributed by atoms with Gasteiger partial charge >= 0.3 is 6.03 Å². The molecule has 0 spiro atoms. The van der Waals surface area contributed by atoms with Crippen LogP contribution in [0.4, 0.5) is 4.79 Å². The number of amides is 2. The van der Waals surface area contributed by atoms with Gasteiger partial charge in [-0.25, -0.2) is 4.79 Å². The van der Waals surface area contributed by atoms with Gasteiger partial charge in [0.05, 0.1) is 13.2 Å². The highest BCUT2D eigenvalue weighted by atomic mass is 16.5. The molecule has 24 heavy (non-hydrogen) atoms. The third kappa shape index (κ3) is 4.12. The van der Waals surface area contributed by atoms with Gasteiger partial charge in [0.2, 0.25) is 0 Å². The summed E-state index contributed by atoms with van der Waals surface area (Å²) in [4.78, 5) is 17.9. The summed E-state index contributed by atoms with van der Waals surface area (Å²) >= 11 is 0. The Morgan fingerprint density at radius 2 is 1.88 bits per heavy atom. The zero-order chi connectivity index (χ0) is 17.1. The molecule has 1 aromatic carbocycles. The smallest absolute Gasteiger partial charge is 0.319 e. The first-order chi connectivity index (χ1) is 11.6. The topological polar surface area (TPSA) is 45.2 Å². The van der Waals surface area contributed by atoms with Crippen molar-refractivity contribution in [2.75, 3.05) is 47.4 Å². The van der Waals surface area contributed by atoms with Crippen LogP contribution in [0.5, 0.6) is 11.5 Å². The van der Waals surface area contributed by atoms with Crippen LogP contribution in [-0.2, 0) is 6.54 Å². The van der Waals surface area contributed by atoms with Crippen LogP contribution in [0.1, 0.15) is 18.4 Å². The zero-order valence-electron chi connectivity index (χ0n) is 14.8. The molecule has 1 heterocycles. The van der Waals surface area contributed by atoms with Crippen LogP contribution in [0.2, 0.25) is 0 Å². The van der Waals surface area contributed by atoms with Gasteiger partial charge in [0.25, 0.3) is 0 Å². The van der Waals surface area contributed by atoms with E-state index in [-0.39, 0.29) is 6.03 Å². The molecule has 3 rings (SSSR count). The number of carbonyl (C=O) groups excluding carboxylic acids is 1. The molecule has 1 saturated heterocycles. The molecule has 1 aromatic rings. The van der Waals surface area contributed by atoms with Gasteiger partial charge < -0.3 is 19.3 Å². The molecule has 0 aromatic heterocycles. The van der Waals surface area contributed by atoms with E-state index in [1.165, 1.54) is 5.56 Å². The predicted molar refractivity (Wildman–Crippen MR) is 92.6 cm³/mol. The lowest BCUT2D eigenvalue weighted by Crippen LogP contribution is -2.51. The van der Waals surface area contributed by atoms with Crippen LogP contribution in [0.3, 0.4) is 0 Å². The number of methoxy groups -OCH3 is 1. The number of hydrogen-bond donors (Lipinski definition) is 0.